The van der Waals surface area contributed by atoms with Crippen LogP contribution in [0, 0.1) is 6.92 Å². The quantitative estimate of drug-likeness (QED) is 0.582. The first-order chi connectivity index (χ1) is 14.5. The lowest BCUT2D eigenvalue weighted by atomic mass is 10.1. The maximum Gasteiger partial charge on any atom is 0.310 e. The summed E-state index contributed by atoms with van der Waals surface area (Å²) in [6, 6.07) is 13.2. The molecule has 0 aliphatic carbocycles. The lowest BCUT2D eigenvalue weighted by Crippen LogP contribution is -2.43. The lowest BCUT2D eigenvalue weighted by Gasteiger charge is -2.29. The summed E-state index contributed by atoms with van der Waals surface area (Å²) >= 11 is 0. The Morgan fingerprint density at radius 1 is 1.17 bits per heavy atom. The molecule has 7 nitrogen and oxygen atoms in total. The highest BCUT2D eigenvalue weighted by molar-refractivity contribution is 5.87. The largest absolute Gasteiger partial charge is 0.486 e. The maximum absolute atomic E-state index is 12.4. The molecule has 2 aromatic carbocycles. The van der Waals surface area contributed by atoms with Crippen LogP contribution in [0.4, 0.5) is 0 Å². The van der Waals surface area contributed by atoms with Gasteiger partial charge in [-0.2, -0.15) is 0 Å². The fourth-order valence-corrected chi connectivity index (χ4v) is 3.35. The van der Waals surface area contributed by atoms with E-state index in [0.717, 1.165) is 22.1 Å². The zero-order valence-corrected chi connectivity index (χ0v) is 16.9. The topological polar surface area (TPSA) is 78.2 Å². The van der Waals surface area contributed by atoms with Crippen molar-refractivity contribution in [2.75, 3.05) is 26.8 Å². The van der Waals surface area contributed by atoms with Crippen LogP contribution in [0.2, 0.25) is 0 Å². The molecule has 7 heteroatoms. The second-order valence-corrected chi connectivity index (χ2v) is 7.37. The van der Waals surface area contributed by atoms with E-state index in [1.54, 1.807) is 13.3 Å². The molecule has 0 radical (unpaired) electrons. The Morgan fingerprint density at radius 2 is 1.97 bits per heavy atom. The van der Waals surface area contributed by atoms with E-state index < -0.39 is 5.97 Å². The zero-order valence-electron chi connectivity index (χ0n) is 16.9. The van der Waals surface area contributed by atoms with Gasteiger partial charge in [-0.05, 0) is 30.7 Å². The number of furan rings is 1. The second kappa shape index (κ2) is 8.49. The molecule has 0 N–H and O–H groups in total. The summed E-state index contributed by atoms with van der Waals surface area (Å²) in [5.74, 6) is 0.562. The molecule has 0 saturated heterocycles. The van der Waals surface area contributed by atoms with Gasteiger partial charge in [0.05, 0.1) is 19.2 Å². The van der Waals surface area contributed by atoms with E-state index >= 15 is 0 Å². The Kier molecular flexibility index (Phi) is 5.61. The van der Waals surface area contributed by atoms with Gasteiger partial charge in [-0.3, -0.25) is 9.59 Å². The smallest absolute Gasteiger partial charge is 0.310 e. The van der Waals surface area contributed by atoms with Crippen molar-refractivity contribution in [2.45, 2.75) is 19.4 Å². The van der Waals surface area contributed by atoms with Crippen LogP contribution in [-0.4, -0.2) is 49.7 Å². The minimum absolute atomic E-state index is 0.0451. The molecule has 0 bridgehead atoms. The third kappa shape index (κ3) is 4.40. The summed E-state index contributed by atoms with van der Waals surface area (Å²) in [6.07, 6.45) is 1.31. The normalized spacial score (nSPS) is 15.1. The summed E-state index contributed by atoms with van der Waals surface area (Å²) in [4.78, 5) is 26.0. The number of carbonyl (C=O) groups is 2. The predicted molar refractivity (Wildman–Crippen MR) is 110 cm³/mol. The van der Waals surface area contributed by atoms with Crippen molar-refractivity contribution in [3.63, 3.8) is 0 Å². The van der Waals surface area contributed by atoms with Crippen LogP contribution in [-0.2, 0) is 20.7 Å². The van der Waals surface area contributed by atoms with E-state index in [2.05, 4.69) is 0 Å². The Balaban J connectivity index is 1.26. The van der Waals surface area contributed by atoms with Crippen LogP contribution in [0.25, 0.3) is 11.0 Å². The molecule has 1 amide bonds. The van der Waals surface area contributed by atoms with Crippen molar-refractivity contribution in [3.8, 4) is 11.5 Å². The minimum atomic E-state index is -0.480. The van der Waals surface area contributed by atoms with Crippen LogP contribution >= 0.6 is 0 Å². The van der Waals surface area contributed by atoms with Gasteiger partial charge in [-0.25, -0.2) is 0 Å². The second-order valence-electron chi connectivity index (χ2n) is 7.37. The molecule has 3 aromatic rings. The van der Waals surface area contributed by atoms with Gasteiger partial charge in [-0.15, -0.1) is 0 Å². The van der Waals surface area contributed by atoms with E-state index in [1.165, 1.54) is 4.90 Å². The molecule has 0 saturated carbocycles. The third-order valence-corrected chi connectivity index (χ3v) is 4.97. The van der Waals surface area contributed by atoms with E-state index in [-0.39, 0.29) is 25.0 Å². The zero-order chi connectivity index (χ0) is 21.1. The standard InChI is InChI=1S/C23H23NO6/c1-15-7-8-18-16(12-27-21(18)9-15)10-23(26)29-14-22(25)24(2)11-17-13-28-19-5-3-4-6-20(19)30-17/h3-9,12,17H,10-11,13-14H2,1-2H3/t17-/m0/s1. The molecular weight excluding hydrogens is 386 g/mol. The molecule has 1 aliphatic rings. The van der Waals surface area contributed by atoms with Gasteiger partial charge in [-0.1, -0.05) is 24.3 Å². The summed E-state index contributed by atoms with van der Waals surface area (Å²) in [5, 5.41) is 0.871. The number of aryl methyl sites for hydroxylation is 1. The van der Waals surface area contributed by atoms with Crippen molar-refractivity contribution in [1.29, 1.82) is 0 Å². The van der Waals surface area contributed by atoms with Gasteiger partial charge >= 0.3 is 5.97 Å². The Morgan fingerprint density at radius 3 is 2.80 bits per heavy atom. The number of likely N-dealkylation sites (N-methyl/N-ethyl adjacent to an activating group) is 1. The summed E-state index contributed by atoms with van der Waals surface area (Å²) in [6.45, 7) is 2.33. The van der Waals surface area contributed by atoms with Gasteiger partial charge in [0.1, 0.15) is 12.2 Å². The van der Waals surface area contributed by atoms with Crippen molar-refractivity contribution < 1.29 is 28.2 Å². The van der Waals surface area contributed by atoms with Gasteiger partial charge in [0, 0.05) is 18.0 Å². The maximum atomic E-state index is 12.4. The highest BCUT2D eigenvalue weighted by atomic mass is 16.6. The summed E-state index contributed by atoms with van der Waals surface area (Å²) < 4.78 is 22.2. The number of rotatable bonds is 6. The van der Waals surface area contributed by atoms with Crippen LogP contribution in [0.15, 0.2) is 53.1 Å². The Hall–Kier alpha value is -3.48. The number of para-hydroxylation sites is 2. The average molecular weight is 409 g/mol. The van der Waals surface area contributed by atoms with Gasteiger partial charge in [0.15, 0.2) is 24.2 Å². The number of hydrogen-bond donors (Lipinski definition) is 0. The molecule has 0 unspecified atom stereocenters. The van der Waals surface area contributed by atoms with Crippen LogP contribution < -0.4 is 9.47 Å². The molecule has 0 spiro atoms. The first-order valence-electron chi connectivity index (χ1n) is 9.74. The van der Waals surface area contributed by atoms with Crippen molar-refractivity contribution >= 4 is 22.8 Å². The van der Waals surface area contributed by atoms with E-state index in [0.29, 0.717) is 24.7 Å². The SMILES string of the molecule is Cc1ccc2c(CC(=O)OCC(=O)N(C)C[C@H]3COc4ccccc4O3)coc2c1. The minimum Gasteiger partial charge on any atom is -0.486 e. The fraction of sp³-hybridized carbons (Fsp3) is 0.304. The Labute approximate surface area is 174 Å². The number of carbonyl (C=O) groups excluding carboxylic acids is 2. The first-order valence-corrected chi connectivity index (χ1v) is 9.74. The predicted octanol–water partition coefficient (Wildman–Crippen LogP) is 3.13. The van der Waals surface area contributed by atoms with E-state index in [1.807, 2.05) is 49.4 Å². The van der Waals surface area contributed by atoms with Crippen molar-refractivity contribution in [1.82, 2.24) is 4.90 Å². The monoisotopic (exact) mass is 409 g/mol. The first kappa shape index (κ1) is 19.8. The molecule has 156 valence electrons. The van der Waals surface area contributed by atoms with Crippen molar-refractivity contribution in [2.24, 2.45) is 0 Å². The number of nitrogens with zero attached hydrogens (tertiary/aromatic N) is 1. The summed E-state index contributed by atoms with van der Waals surface area (Å²) in [5.41, 5.74) is 2.54. The van der Waals surface area contributed by atoms with Crippen LogP contribution in [0.1, 0.15) is 11.1 Å². The number of amides is 1. The average Bonchev–Trinajstić information content (AvgIpc) is 3.13. The molecular formula is C23H23NO6. The van der Waals surface area contributed by atoms with Gasteiger partial charge in [0.25, 0.3) is 5.91 Å². The highest BCUT2D eigenvalue weighted by Gasteiger charge is 2.24. The number of hydrogen-bond acceptors (Lipinski definition) is 6. The molecule has 2 heterocycles. The van der Waals surface area contributed by atoms with Crippen LogP contribution in [0.3, 0.4) is 0 Å². The number of benzene rings is 2. The molecule has 1 atom stereocenters. The van der Waals surface area contributed by atoms with E-state index in [9.17, 15) is 9.59 Å². The fourth-order valence-electron chi connectivity index (χ4n) is 3.35. The summed E-state index contributed by atoms with van der Waals surface area (Å²) in [7, 11) is 1.64. The van der Waals surface area contributed by atoms with Crippen molar-refractivity contribution in [3.05, 3.63) is 59.9 Å². The van der Waals surface area contributed by atoms with Crippen LogP contribution in [0.5, 0.6) is 11.5 Å². The van der Waals surface area contributed by atoms with Gasteiger partial charge in [0.2, 0.25) is 0 Å². The number of ether oxygens (including phenoxy) is 3. The van der Waals surface area contributed by atoms with Gasteiger partial charge < -0.3 is 23.5 Å². The highest BCUT2D eigenvalue weighted by Crippen LogP contribution is 2.31. The lowest BCUT2D eigenvalue weighted by molar-refractivity contribution is -0.151. The molecule has 0 fully saturated rings. The molecule has 4 rings (SSSR count). The third-order valence-electron chi connectivity index (χ3n) is 4.97. The Bertz CT molecular complexity index is 1070. The molecule has 1 aliphatic heterocycles. The molecule has 1 aromatic heterocycles. The van der Waals surface area contributed by atoms with E-state index in [4.69, 9.17) is 18.6 Å². The number of fused-ring (bicyclic) bond motifs is 2. The number of esters is 1. The molecule has 30 heavy (non-hydrogen) atoms.